The van der Waals surface area contributed by atoms with Crippen LogP contribution in [0.15, 0.2) is 53.4 Å². The lowest BCUT2D eigenvalue weighted by atomic mass is 10.1. The number of thioether (sulfide) groups is 1. The van der Waals surface area contributed by atoms with Gasteiger partial charge >= 0.3 is 5.97 Å². The molecule has 1 heterocycles. The number of carbonyl (C=O) groups excluding carboxylic acids is 3. The van der Waals surface area contributed by atoms with Crippen molar-refractivity contribution in [1.29, 1.82) is 0 Å². The Kier molecular flexibility index (Phi) is 8.79. The molecule has 2 aromatic rings. The van der Waals surface area contributed by atoms with Crippen molar-refractivity contribution in [2.45, 2.75) is 33.1 Å². The number of thiocarbonyl (C=S) groups is 1. The van der Waals surface area contributed by atoms with Crippen molar-refractivity contribution < 1.29 is 19.1 Å². The molecule has 0 saturated carbocycles. The zero-order valence-corrected chi connectivity index (χ0v) is 20.3. The number of anilines is 1. The van der Waals surface area contributed by atoms with Crippen LogP contribution >= 0.6 is 24.0 Å². The maximum atomic E-state index is 12.7. The summed E-state index contributed by atoms with van der Waals surface area (Å²) in [6.07, 6.45) is 3.69. The van der Waals surface area contributed by atoms with Crippen molar-refractivity contribution in [3.8, 4) is 0 Å². The Labute approximate surface area is 203 Å². The second-order valence-corrected chi connectivity index (χ2v) is 9.28. The average molecular weight is 483 g/mol. The first-order chi connectivity index (χ1) is 15.9. The third-order valence-corrected chi connectivity index (χ3v) is 6.32. The minimum Gasteiger partial charge on any atom is -0.462 e. The SMILES string of the molecule is CCCCOC(=O)c1ccc(NC(=O)CCN2C(=O)/C(=C\c3ccc(C)cc3)SC2=S)cc1. The van der Waals surface area contributed by atoms with Crippen molar-refractivity contribution in [3.05, 3.63) is 70.1 Å². The van der Waals surface area contributed by atoms with Gasteiger partial charge in [-0.3, -0.25) is 14.5 Å². The van der Waals surface area contributed by atoms with Crippen LogP contribution in [0.3, 0.4) is 0 Å². The number of benzene rings is 2. The zero-order chi connectivity index (χ0) is 23.8. The fourth-order valence-corrected chi connectivity index (χ4v) is 4.33. The largest absolute Gasteiger partial charge is 0.462 e. The van der Waals surface area contributed by atoms with Gasteiger partial charge in [-0.2, -0.15) is 0 Å². The number of nitrogens with one attached hydrogen (secondary N) is 1. The summed E-state index contributed by atoms with van der Waals surface area (Å²) in [6, 6.07) is 14.4. The van der Waals surface area contributed by atoms with E-state index in [9.17, 15) is 14.4 Å². The lowest BCUT2D eigenvalue weighted by Gasteiger charge is -2.14. The molecule has 172 valence electrons. The number of aryl methyl sites for hydroxylation is 1. The summed E-state index contributed by atoms with van der Waals surface area (Å²) in [5.41, 5.74) is 3.07. The molecule has 0 aliphatic carbocycles. The predicted molar refractivity (Wildman–Crippen MR) is 136 cm³/mol. The van der Waals surface area contributed by atoms with E-state index in [4.69, 9.17) is 17.0 Å². The summed E-state index contributed by atoms with van der Waals surface area (Å²) in [6.45, 7) is 4.62. The highest BCUT2D eigenvalue weighted by Crippen LogP contribution is 2.32. The van der Waals surface area contributed by atoms with E-state index < -0.39 is 0 Å². The van der Waals surface area contributed by atoms with Gasteiger partial charge in [0.15, 0.2) is 0 Å². The van der Waals surface area contributed by atoms with Gasteiger partial charge in [-0.05, 0) is 49.2 Å². The van der Waals surface area contributed by atoms with Gasteiger partial charge in [0.25, 0.3) is 5.91 Å². The standard InChI is InChI=1S/C25H26N2O4S2/c1-3-4-15-31-24(30)19-9-11-20(12-10-19)26-22(28)13-14-27-23(29)21(33-25(27)32)16-18-7-5-17(2)6-8-18/h5-12,16H,3-4,13-15H2,1-2H3,(H,26,28)/b21-16+. The third-order valence-electron chi connectivity index (χ3n) is 4.95. The molecule has 1 N–H and O–H groups in total. The Balaban J connectivity index is 1.51. The van der Waals surface area contributed by atoms with Crippen LogP contribution in [0.5, 0.6) is 0 Å². The molecular weight excluding hydrogens is 456 g/mol. The molecule has 33 heavy (non-hydrogen) atoms. The Hall–Kier alpha value is -2.97. The normalized spacial score (nSPS) is 14.6. The number of hydrogen-bond donors (Lipinski definition) is 1. The van der Waals surface area contributed by atoms with E-state index in [1.807, 2.05) is 44.2 Å². The van der Waals surface area contributed by atoms with Crippen LogP contribution in [-0.4, -0.2) is 40.2 Å². The first-order valence-electron chi connectivity index (χ1n) is 10.8. The van der Waals surface area contributed by atoms with Crippen molar-refractivity contribution in [2.75, 3.05) is 18.5 Å². The molecule has 0 aromatic heterocycles. The van der Waals surface area contributed by atoms with Gasteiger partial charge < -0.3 is 10.1 Å². The molecule has 0 bridgehead atoms. The molecule has 1 fully saturated rings. The van der Waals surface area contributed by atoms with Crippen LogP contribution in [-0.2, 0) is 14.3 Å². The molecule has 1 aliphatic rings. The number of nitrogens with zero attached hydrogens (tertiary/aromatic N) is 1. The maximum absolute atomic E-state index is 12.7. The Morgan fingerprint density at radius 2 is 1.82 bits per heavy atom. The number of ether oxygens (including phenoxy) is 1. The first-order valence-corrected chi connectivity index (χ1v) is 12.0. The molecule has 0 atom stereocenters. The van der Waals surface area contributed by atoms with E-state index in [0.29, 0.717) is 27.1 Å². The molecule has 8 heteroatoms. The minimum atomic E-state index is -0.380. The number of amides is 2. The van der Waals surface area contributed by atoms with E-state index in [0.717, 1.165) is 24.0 Å². The molecule has 1 aliphatic heterocycles. The van der Waals surface area contributed by atoms with Gasteiger partial charge in [0.1, 0.15) is 4.32 Å². The van der Waals surface area contributed by atoms with E-state index >= 15 is 0 Å². The minimum absolute atomic E-state index is 0.102. The Morgan fingerprint density at radius 3 is 2.48 bits per heavy atom. The summed E-state index contributed by atoms with van der Waals surface area (Å²) in [5.74, 6) is -0.816. The van der Waals surface area contributed by atoms with Gasteiger partial charge in [-0.1, -0.05) is 67.2 Å². The lowest BCUT2D eigenvalue weighted by Crippen LogP contribution is -2.31. The summed E-state index contributed by atoms with van der Waals surface area (Å²) >= 11 is 6.58. The number of esters is 1. The second kappa shape index (κ2) is 11.8. The Morgan fingerprint density at radius 1 is 1.12 bits per heavy atom. The van der Waals surface area contributed by atoms with Crippen LogP contribution in [0.4, 0.5) is 5.69 Å². The van der Waals surface area contributed by atoms with Gasteiger partial charge in [0.2, 0.25) is 5.91 Å². The Bertz CT molecular complexity index is 1060. The van der Waals surface area contributed by atoms with E-state index in [-0.39, 0.29) is 30.7 Å². The smallest absolute Gasteiger partial charge is 0.338 e. The van der Waals surface area contributed by atoms with E-state index in [1.54, 1.807) is 24.3 Å². The van der Waals surface area contributed by atoms with Crippen molar-refractivity contribution >= 4 is 57.8 Å². The second-order valence-electron chi connectivity index (χ2n) is 7.61. The number of unbranched alkanes of at least 4 members (excludes halogenated alkanes) is 1. The van der Waals surface area contributed by atoms with Crippen LogP contribution < -0.4 is 5.32 Å². The van der Waals surface area contributed by atoms with Crippen LogP contribution in [0, 0.1) is 6.92 Å². The summed E-state index contributed by atoms with van der Waals surface area (Å²) < 4.78 is 5.62. The van der Waals surface area contributed by atoms with Gasteiger partial charge in [0, 0.05) is 18.7 Å². The fourth-order valence-electron chi connectivity index (χ4n) is 3.03. The maximum Gasteiger partial charge on any atom is 0.338 e. The molecule has 1 saturated heterocycles. The van der Waals surface area contributed by atoms with Crippen molar-refractivity contribution in [3.63, 3.8) is 0 Å². The van der Waals surface area contributed by atoms with Crippen LogP contribution in [0.2, 0.25) is 0 Å². The van der Waals surface area contributed by atoms with E-state index in [2.05, 4.69) is 5.32 Å². The fraction of sp³-hybridized carbons (Fsp3) is 0.280. The predicted octanol–water partition coefficient (Wildman–Crippen LogP) is 5.18. The van der Waals surface area contributed by atoms with Gasteiger partial charge in [0.05, 0.1) is 17.1 Å². The number of hydrogen-bond acceptors (Lipinski definition) is 6. The number of carbonyl (C=O) groups is 3. The van der Waals surface area contributed by atoms with Crippen molar-refractivity contribution in [2.24, 2.45) is 0 Å². The van der Waals surface area contributed by atoms with Gasteiger partial charge in [-0.15, -0.1) is 0 Å². The highest BCUT2D eigenvalue weighted by Gasteiger charge is 2.32. The third kappa shape index (κ3) is 7.00. The highest BCUT2D eigenvalue weighted by atomic mass is 32.2. The number of rotatable bonds is 9. The first kappa shape index (κ1) is 24.7. The molecule has 2 amide bonds. The van der Waals surface area contributed by atoms with Crippen molar-refractivity contribution in [1.82, 2.24) is 4.90 Å². The van der Waals surface area contributed by atoms with Gasteiger partial charge in [-0.25, -0.2) is 4.79 Å². The van der Waals surface area contributed by atoms with Crippen LogP contribution in [0.25, 0.3) is 6.08 Å². The van der Waals surface area contributed by atoms with Crippen LogP contribution in [0.1, 0.15) is 47.7 Å². The molecule has 3 rings (SSSR count). The molecule has 2 aromatic carbocycles. The summed E-state index contributed by atoms with van der Waals surface area (Å²) in [5, 5.41) is 2.78. The molecular formula is C25H26N2O4S2. The summed E-state index contributed by atoms with van der Waals surface area (Å²) in [4.78, 5) is 39.1. The molecule has 0 unspecified atom stereocenters. The average Bonchev–Trinajstić information content (AvgIpc) is 3.06. The summed E-state index contributed by atoms with van der Waals surface area (Å²) in [7, 11) is 0. The molecule has 0 radical (unpaired) electrons. The monoisotopic (exact) mass is 482 g/mol. The topological polar surface area (TPSA) is 75.7 Å². The lowest BCUT2D eigenvalue weighted by molar-refractivity contribution is -0.122. The highest BCUT2D eigenvalue weighted by molar-refractivity contribution is 8.26. The van der Waals surface area contributed by atoms with E-state index in [1.165, 1.54) is 16.7 Å². The molecule has 0 spiro atoms. The molecule has 6 nitrogen and oxygen atoms in total. The zero-order valence-electron chi connectivity index (χ0n) is 18.6. The quantitative estimate of drug-likeness (QED) is 0.230.